The summed E-state index contributed by atoms with van der Waals surface area (Å²) in [4.78, 5) is 15.8. The van der Waals surface area contributed by atoms with E-state index >= 15 is 0 Å². The van der Waals surface area contributed by atoms with Gasteiger partial charge in [-0.3, -0.25) is 4.90 Å². The lowest BCUT2D eigenvalue weighted by Gasteiger charge is -2.45. The molecule has 2 aliphatic rings. The van der Waals surface area contributed by atoms with Crippen molar-refractivity contribution < 1.29 is 18.3 Å². The van der Waals surface area contributed by atoms with E-state index in [1.54, 1.807) is 0 Å². The van der Waals surface area contributed by atoms with Gasteiger partial charge in [0, 0.05) is 31.2 Å². The molecule has 1 aliphatic heterocycles. The molecule has 5 nitrogen and oxygen atoms in total. The predicted octanol–water partition coefficient (Wildman–Crippen LogP) is 2.31. The zero-order chi connectivity index (χ0) is 17.2. The molecule has 7 heteroatoms. The summed E-state index contributed by atoms with van der Waals surface area (Å²) in [5.41, 5.74) is -0.248. The number of amides is 2. The number of hydrogen-bond donors (Lipinski definition) is 1. The summed E-state index contributed by atoms with van der Waals surface area (Å²) in [6.45, 7) is 9.75. The van der Waals surface area contributed by atoms with Gasteiger partial charge in [-0.1, -0.05) is 0 Å². The second-order valence-electron chi connectivity index (χ2n) is 7.41. The summed E-state index contributed by atoms with van der Waals surface area (Å²) < 4.78 is 31.0. The summed E-state index contributed by atoms with van der Waals surface area (Å²) in [7, 11) is 0. The normalized spacial score (nSPS) is 26.4. The van der Waals surface area contributed by atoms with Gasteiger partial charge >= 0.3 is 6.03 Å². The number of nitrogens with zero attached hydrogens (tertiary/aromatic N) is 2. The number of rotatable bonds is 6. The van der Waals surface area contributed by atoms with Crippen molar-refractivity contribution in [3.8, 4) is 0 Å². The van der Waals surface area contributed by atoms with Gasteiger partial charge in [0.25, 0.3) is 6.43 Å². The number of halogens is 2. The minimum absolute atomic E-state index is 0.0180. The second-order valence-corrected chi connectivity index (χ2v) is 7.41. The van der Waals surface area contributed by atoms with Gasteiger partial charge in [0.15, 0.2) is 0 Å². The molecule has 0 aromatic carbocycles. The van der Waals surface area contributed by atoms with Crippen molar-refractivity contribution in [3.05, 3.63) is 0 Å². The second kappa shape index (κ2) is 7.30. The fourth-order valence-corrected chi connectivity index (χ4v) is 3.11. The van der Waals surface area contributed by atoms with Gasteiger partial charge in [0.2, 0.25) is 0 Å². The van der Waals surface area contributed by atoms with Crippen LogP contribution in [0.2, 0.25) is 0 Å². The first-order valence-corrected chi connectivity index (χ1v) is 8.42. The molecule has 2 rings (SSSR count). The van der Waals surface area contributed by atoms with Crippen molar-refractivity contribution in [2.75, 3.05) is 26.2 Å². The molecule has 134 valence electrons. The number of nitrogens with one attached hydrogen (secondary N) is 1. The molecule has 0 spiro atoms. The van der Waals surface area contributed by atoms with Crippen LogP contribution in [0.3, 0.4) is 0 Å². The molecule has 0 radical (unpaired) electrons. The lowest BCUT2D eigenvalue weighted by atomic mass is 10.00. The van der Waals surface area contributed by atoms with Crippen LogP contribution in [0.15, 0.2) is 0 Å². The van der Waals surface area contributed by atoms with E-state index < -0.39 is 13.0 Å². The zero-order valence-corrected chi connectivity index (χ0v) is 14.5. The molecular weight excluding hydrogens is 304 g/mol. The lowest BCUT2D eigenvalue weighted by molar-refractivity contribution is -0.0949. The number of morpholine rings is 1. The first kappa shape index (κ1) is 18.4. The fourth-order valence-electron chi connectivity index (χ4n) is 3.11. The zero-order valence-electron chi connectivity index (χ0n) is 14.5. The monoisotopic (exact) mass is 333 g/mol. The summed E-state index contributed by atoms with van der Waals surface area (Å²) in [6.07, 6.45) is -0.550. The van der Waals surface area contributed by atoms with Crippen LogP contribution in [0.4, 0.5) is 13.6 Å². The Morgan fingerprint density at radius 1 is 1.30 bits per heavy atom. The van der Waals surface area contributed by atoms with Gasteiger partial charge in [-0.25, -0.2) is 13.6 Å². The SMILES string of the molecule is C[C@@H]1CN(C(C)(C)CNC(=O)N(CC(F)F)C2CC2)C[C@H](C)O1. The maximum Gasteiger partial charge on any atom is 0.317 e. The molecule has 2 fully saturated rings. The van der Waals surface area contributed by atoms with Crippen molar-refractivity contribution in [1.82, 2.24) is 15.1 Å². The van der Waals surface area contributed by atoms with E-state index in [2.05, 4.69) is 24.1 Å². The number of urea groups is 1. The largest absolute Gasteiger partial charge is 0.373 e. The summed E-state index contributed by atoms with van der Waals surface area (Å²) in [5.74, 6) is 0. The molecule has 1 aliphatic carbocycles. The Hall–Kier alpha value is -0.950. The summed E-state index contributed by atoms with van der Waals surface area (Å²) >= 11 is 0. The molecule has 2 atom stereocenters. The highest BCUT2D eigenvalue weighted by Crippen LogP contribution is 2.27. The summed E-state index contributed by atoms with van der Waals surface area (Å²) in [6, 6.07) is -0.397. The maximum atomic E-state index is 12.6. The Kier molecular flexibility index (Phi) is 5.84. The Balaban J connectivity index is 1.88. The highest BCUT2D eigenvalue weighted by Gasteiger charge is 2.37. The van der Waals surface area contributed by atoms with Crippen molar-refractivity contribution in [1.29, 1.82) is 0 Å². The first-order valence-electron chi connectivity index (χ1n) is 8.42. The molecule has 1 saturated heterocycles. The van der Waals surface area contributed by atoms with E-state index in [-0.39, 0.29) is 29.8 Å². The van der Waals surface area contributed by atoms with E-state index in [1.807, 2.05) is 13.8 Å². The minimum Gasteiger partial charge on any atom is -0.373 e. The van der Waals surface area contributed by atoms with Crippen molar-refractivity contribution in [2.45, 2.75) is 70.8 Å². The Labute approximate surface area is 137 Å². The molecule has 1 saturated carbocycles. The van der Waals surface area contributed by atoms with Crippen molar-refractivity contribution in [3.63, 3.8) is 0 Å². The van der Waals surface area contributed by atoms with Crippen LogP contribution in [-0.4, -0.2) is 72.2 Å². The number of ether oxygens (including phenoxy) is 1. The highest BCUT2D eigenvalue weighted by atomic mass is 19.3. The van der Waals surface area contributed by atoms with E-state index in [1.165, 1.54) is 4.90 Å². The van der Waals surface area contributed by atoms with Crippen LogP contribution in [0.1, 0.15) is 40.5 Å². The lowest BCUT2D eigenvalue weighted by Crippen LogP contribution is -2.59. The third kappa shape index (κ3) is 5.28. The van der Waals surface area contributed by atoms with E-state index in [4.69, 9.17) is 4.74 Å². The molecular formula is C16H29F2N3O2. The molecule has 0 unspecified atom stereocenters. The Morgan fingerprint density at radius 3 is 2.35 bits per heavy atom. The topological polar surface area (TPSA) is 44.8 Å². The van der Waals surface area contributed by atoms with Gasteiger partial charge in [-0.2, -0.15) is 0 Å². The Bertz CT molecular complexity index is 406. The third-order valence-corrected chi connectivity index (χ3v) is 4.53. The van der Waals surface area contributed by atoms with Gasteiger partial charge in [-0.05, 0) is 40.5 Å². The number of alkyl halides is 2. The van der Waals surface area contributed by atoms with Crippen molar-refractivity contribution >= 4 is 6.03 Å². The fraction of sp³-hybridized carbons (Fsp3) is 0.938. The third-order valence-electron chi connectivity index (χ3n) is 4.53. The minimum atomic E-state index is -2.49. The van der Waals surface area contributed by atoms with Crippen LogP contribution in [0, 0.1) is 0 Å². The molecule has 0 bridgehead atoms. The molecule has 1 heterocycles. The quantitative estimate of drug-likeness (QED) is 0.811. The van der Waals surface area contributed by atoms with Crippen LogP contribution in [-0.2, 0) is 4.74 Å². The van der Waals surface area contributed by atoms with Gasteiger partial charge in [0.05, 0.1) is 18.8 Å². The highest BCUT2D eigenvalue weighted by molar-refractivity contribution is 5.75. The van der Waals surface area contributed by atoms with Crippen molar-refractivity contribution in [2.24, 2.45) is 0 Å². The molecule has 0 aromatic rings. The van der Waals surface area contributed by atoms with Crippen LogP contribution in [0.5, 0.6) is 0 Å². The van der Waals surface area contributed by atoms with E-state index in [0.29, 0.717) is 6.54 Å². The standard InChI is InChI=1S/C16H29F2N3O2/c1-11-7-20(8-12(2)23-11)16(3,4)10-19-15(22)21(9-14(17)18)13-5-6-13/h11-14H,5-10H2,1-4H3,(H,19,22)/t11-,12+. The average molecular weight is 333 g/mol. The molecule has 0 aromatic heterocycles. The molecule has 1 N–H and O–H groups in total. The summed E-state index contributed by atoms with van der Waals surface area (Å²) in [5, 5.41) is 2.85. The predicted molar refractivity (Wildman–Crippen MR) is 84.8 cm³/mol. The van der Waals surface area contributed by atoms with E-state index in [0.717, 1.165) is 25.9 Å². The first-order chi connectivity index (χ1) is 10.7. The number of carbonyl (C=O) groups is 1. The van der Waals surface area contributed by atoms with Crippen LogP contribution in [0.25, 0.3) is 0 Å². The maximum absolute atomic E-state index is 12.6. The molecule has 23 heavy (non-hydrogen) atoms. The smallest absolute Gasteiger partial charge is 0.317 e. The van der Waals surface area contributed by atoms with Crippen LogP contribution >= 0.6 is 0 Å². The number of hydrogen-bond acceptors (Lipinski definition) is 3. The average Bonchev–Trinajstić information content (AvgIpc) is 3.25. The van der Waals surface area contributed by atoms with Gasteiger partial charge < -0.3 is 15.0 Å². The van der Waals surface area contributed by atoms with Gasteiger partial charge in [0.1, 0.15) is 0 Å². The number of carbonyl (C=O) groups excluding carboxylic acids is 1. The van der Waals surface area contributed by atoms with Gasteiger partial charge in [-0.15, -0.1) is 0 Å². The van der Waals surface area contributed by atoms with Crippen LogP contribution < -0.4 is 5.32 Å². The Morgan fingerprint density at radius 2 is 1.87 bits per heavy atom. The molecule has 2 amide bonds. The van der Waals surface area contributed by atoms with E-state index in [9.17, 15) is 13.6 Å².